The van der Waals surface area contributed by atoms with E-state index in [2.05, 4.69) is 21.2 Å². The van der Waals surface area contributed by atoms with Gasteiger partial charge in [-0.1, -0.05) is 22.9 Å². The number of nitrogens with one attached hydrogen (secondary N) is 1. The van der Waals surface area contributed by atoms with Gasteiger partial charge >= 0.3 is 0 Å². The number of halogens is 1. The van der Waals surface area contributed by atoms with Crippen LogP contribution in [-0.4, -0.2) is 30.3 Å². The lowest BCUT2D eigenvalue weighted by atomic mass is 10.2. The van der Waals surface area contributed by atoms with Gasteiger partial charge in [-0.2, -0.15) is 0 Å². The maximum absolute atomic E-state index is 11.5. The third-order valence-electron chi connectivity index (χ3n) is 2.49. The molecule has 0 heterocycles. The predicted molar refractivity (Wildman–Crippen MR) is 73.6 cm³/mol. The Hall–Kier alpha value is -1.07. The molecule has 18 heavy (non-hydrogen) atoms. The fourth-order valence-corrected chi connectivity index (χ4v) is 1.63. The summed E-state index contributed by atoms with van der Waals surface area (Å²) in [4.78, 5) is 11.5. The molecule has 2 N–H and O–H groups in total. The van der Waals surface area contributed by atoms with Gasteiger partial charge in [-0.25, -0.2) is 0 Å². The molecule has 1 aromatic carbocycles. The number of benzene rings is 1. The van der Waals surface area contributed by atoms with Crippen LogP contribution >= 0.6 is 15.9 Å². The summed E-state index contributed by atoms with van der Waals surface area (Å²) in [5, 5.41) is 11.7. The van der Waals surface area contributed by atoms with Gasteiger partial charge in [0.05, 0.1) is 25.7 Å². The van der Waals surface area contributed by atoms with E-state index >= 15 is 0 Å². The van der Waals surface area contributed by atoms with E-state index in [9.17, 15) is 4.79 Å². The normalized spacial score (nSPS) is 11.9. The largest absolute Gasteiger partial charge is 0.493 e. The topological polar surface area (TPSA) is 58.6 Å². The highest BCUT2D eigenvalue weighted by atomic mass is 79.9. The number of ether oxygens (including phenoxy) is 1. The number of hydrogen-bond donors (Lipinski definition) is 2. The average Bonchev–Trinajstić information content (AvgIpc) is 2.38. The minimum absolute atomic E-state index is 0.0319. The molecular formula is C13H18BrNO3. The molecule has 0 aromatic heterocycles. The standard InChI is InChI=1S/C13H18BrNO3/c1-2-11(9-16)15-13(17)7-8-18-12-5-3-10(14)4-6-12/h3-6,11,16H,2,7-9H2,1H3,(H,15,17). The van der Waals surface area contributed by atoms with E-state index in [0.717, 1.165) is 16.6 Å². The van der Waals surface area contributed by atoms with E-state index in [0.29, 0.717) is 6.61 Å². The number of aliphatic hydroxyl groups excluding tert-OH is 1. The molecule has 0 aliphatic heterocycles. The maximum atomic E-state index is 11.5. The summed E-state index contributed by atoms with van der Waals surface area (Å²) >= 11 is 3.34. The zero-order valence-corrected chi connectivity index (χ0v) is 11.9. The molecule has 0 saturated carbocycles. The Bertz CT molecular complexity index is 363. The highest BCUT2D eigenvalue weighted by Crippen LogP contribution is 2.16. The Morgan fingerprint density at radius 2 is 2.11 bits per heavy atom. The van der Waals surface area contributed by atoms with Gasteiger partial charge in [0.1, 0.15) is 5.75 Å². The highest BCUT2D eigenvalue weighted by molar-refractivity contribution is 9.10. The molecule has 5 heteroatoms. The van der Waals surface area contributed by atoms with E-state index in [-0.39, 0.29) is 25.0 Å². The summed E-state index contributed by atoms with van der Waals surface area (Å²) in [6.45, 7) is 2.21. The van der Waals surface area contributed by atoms with Gasteiger partial charge in [-0.15, -0.1) is 0 Å². The van der Waals surface area contributed by atoms with Crippen LogP contribution in [0.15, 0.2) is 28.7 Å². The minimum Gasteiger partial charge on any atom is -0.493 e. The molecule has 100 valence electrons. The number of carbonyl (C=O) groups excluding carboxylic acids is 1. The third kappa shape index (κ3) is 5.51. The summed E-state index contributed by atoms with van der Waals surface area (Å²) in [7, 11) is 0. The van der Waals surface area contributed by atoms with Crippen LogP contribution in [0.5, 0.6) is 5.75 Å². The summed E-state index contributed by atoms with van der Waals surface area (Å²) in [6, 6.07) is 7.28. The van der Waals surface area contributed by atoms with Gasteiger partial charge in [0, 0.05) is 4.47 Å². The molecule has 1 amide bonds. The van der Waals surface area contributed by atoms with Crippen LogP contribution in [0.2, 0.25) is 0 Å². The van der Waals surface area contributed by atoms with Crippen molar-refractivity contribution in [1.82, 2.24) is 5.32 Å². The minimum atomic E-state index is -0.162. The van der Waals surface area contributed by atoms with Crippen molar-refractivity contribution in [3.63, 3.8) is 0 Å². The van der Waals surface area contributed by atoms with Crippen molar-refractivity contribution < 1.29 is 14.6 Å². The van der Waals surface area contributed by atoms with Gasteiger partial charge < -0.3 is 15.2 Å². The Balaban J connectivity index is 2.25. The second-order valence-corrected chi connectivity index (χ2v) is 4.82. The van der Waals surface area contributed by atoms with Crippen LogP contribution < -0.4 is 10.1 Å². The zero-order chi connectivity index (χ0) is 13.4. The lowest BCUT2D eigenvalue weighted by Crippen LogP contribution is -2.37. The molecule has 0 fully saturated rings. The van der Waals surface area contributed by atoms with Crippen LogP contribution in [0, 0.1) is 0 Å². The molecule has 0 radical (unpaired) electrons. The molecule has 0 aliphatic rings. The first kappa shape index (κ1) is 15.0. The quantitative estimate of drug-likeness (QED) is 0.810. The fourth-order valence-electron chi connectivity index (χ4n) is 1.37. The first-order valence-corrected chi connectivity index (χ1v) is 6.73. The van der Waals surface area contributed by atoms with Crippen molar-refractivity contribution in [2.75, 3.05) is 13.2 Å². The number of carbonyl (C=O) groups is 1. The van der Waals surface area contributed by atoms with Crippen LogP contribution in [0.3, 0.4) is 0 Å². The monoisotopic (exact) mass is 315 g/mol. The summed E-state index contributed by atoms with van der Waals surface area (Å²) in [5.74, 6) is 0.633. The molecule has 4 nitrogen and oxygen atoms in total. The van der Waals surface area contributed by atoms with Crippen molar-refractivity contribution in [2.24, 2.45) is 0 Å². The lowest BCUT2D eigenvalue weighted by Gasteiger charge is -2.14. The number of hydrogen-bond acceptors (Lipinski definition) is 3. The number of rotatable bonds is 7. The Kier molecular flexibility index (Phi) is 6.75. The molecule has 0 spiro atoms. The van der Waals surface area contributed by atoms with Gasteiger partial charge in [-0.3, -0.25) is 4.79 Å². The van der Waals surface area contributed by atoms with Crippen LogP contribution in [-0.2, 0) is 4.79 Å². The van der Waals surface area contributed by atoms with Gasteiger partial charge in [0.15, 0.2) is 0 Å². The van der Waals surface area contributed by atoms with Crippen LogP contribution in [0.4, 0.5) is 0 Å². The van der Waals surface area contributed by atoms with E-state index in [1.165, 1.54) is 0 Å². The van der Waals surface area contributed by atoms with Crippen LogP contribution in [0.1, 0.15) is 19.8 Å². The predicted octanol–water partition coefficient (Wildman–Crippen LogP) is 2.11. The lowest BCUT2D eigenvalue weighted by molar-refractivity contribution is -0.122. The highest BCUT2D eigenvalue weighted by Gasteiger charge is 2.08. The van der Waals surface area contributed by atoms with Crippen molar-refractivity contribution >= 4 is 21.8 Å². The number of aliphatic hydroxyl groups is 1. The smallest absolute Gasteiger partial charge is 0.223 e. The Morgan fingerprint density at radius 3 is 2.67 bits per heavy atom. The van der Waals surface area contributed by atoms with Crippen molar-refractivity contribution in [3.05, 3.63) is 28.7 Å². The molecular weight excluding hydrogens is 298 g/mol. The second kappa shape index (κ2) is 8.11. The van der Waals surface area contributed by atoms with Gasteiger partial charge in [-0.05, 0) is 30.7 Å². The second-order valence-electron chi connectivity index (χ2n) is 3.91. The summed E-state index contributed by atoms with van der Waals surface area (Å²) < 4.78 is 6.42. The summed E-state index contributed by atoms with van der Waals surface area (Å²) in [6.07, 6.45) is 1.00. The van der Waals surface area contributed by atoms with Crippen molar-refractivity contribution in [2.45, 2.75) is 25.8 Å². The molecule has 1 rings (SSSR count). The number of amides is 1. The third-order valence-corrected chi connectivity index (χ3v) is 3.02. The molecule has 1 atom stereocenters. The van der Waals surface area contributed by atoms with Crippen molar-refractivity contribution in [3.8, 4) is 5.75 Å². The fraction of sp³-hybridized carbons (Fsp3) is 0.462. The maximum Gasteiger partial charge on any atom is 0.223 e. The SMILES string of the molecule is CCC(CO)NC(=O)CCOc1ccc(Br)cc1. The van der Waals surface area contributed by atoms with E-state index in [4.69, 9.17) is 9.84 Å². The molecule has 0 saturated heterocycles. The van der Waals surface area contributed by atoms with Gasteiger partial charge in [0.2, 0.25) is 5.91 Å². The first-order valence-electron chi connectivity index (χ1n) is 5.94. The molecule has 1 aromatic rings. The van der Waals surface area contributed by atoms with Gasteiger partial charge in [0.25, 0.3) is 0 Å². The van der Waals surface area contributed by atoms with E-state index in [1.807, 2.05) is 31.2 Å². The molecule has 1 unspecified atom stereocenters. The molecule has 0 aliphatic carbocycles. The first-order chi connectivity index (χ1) is 8.65. The average molecular weight is 316 g/mol. The zero-order valence-electron chi connectivity index (χ0n) is 10.4. The van der Waals surface area contributed by atoms with Crippen molar-refractivity contribution in [1.29, 1.82) is 0 Å². The molecule has 0 bridgehead atoms. The Morgan fingerprint density at radius 1 is 1.44 bits per heavy atom. The Labute approximate surface area is 115 Å². The van der Waals surface area contributed by atoms with E-state index in [1.54, 1.807) is 0 Å². The van der Waals surface area contributed by atoms with E-state index < -0.39 is 0 Å². The summed E-state index contributed by atoms with van der Waals surface area (Å²) in [5.41, 5.74) is 0. The van der Waals surface area contributed by atoms with Crippen LogP contribution in [0.25, 0.3) is 0 Å².